The minimum absolute atomic E-state index is 0.0180. The third-order valence-corrected chi connectivity index (χ3v) is 2.79. The molecule has 5 heteroatoms. The zero-order valence-corrected chi connectivity index (χ0v) is 13.4. The maximum atomic E-state index is 11.8. The fraction of sp³-hybridized carbons (Fsp3) is 0.500. The lowest BCUT2D eigenvalue weighted by molar-refractivity contribution is -0.121. The number of carbonyl (C=O) groups is 2. The van der Waals surface area contributed by atoms with E-state index in [4.69, 9.17) is 0 Å². The predicted octanol–water partition coefficient (Wildman–Crippen LogP) is 2.21. The topological polar surface area (TPSA) is 70.2 Å². The van der Waals surface area contributed by atoms with Gasteiger partial charge in [-0.2, -0.15) is 0 Å². The standard InChI is InChI=1S/C16H25N3O2/c1-11(17-10-15(21)19-16(3,4)5)13-7-6-8-14(9-13)18-12(2)20/h6-9,11,17H,10H2,1-5H3,(H,18,20)(H,19,21). The van der Waals surface area contributed by atoms with E-state index in [1.165, 1.54) is 6.92 Å². The van der Waals surface area contributed by atoms with E-state index in [9.17, 15) is 9.59 Å². The fourth-order valence-electron chi connectivity index (χ4n) is 1.92. The van der Waals surface area contributed by atoms with Crippen LogP contribution in [0.4, 0.5) is 5.69 Å². The SMILES string of the molecule is CC(=O)Nc1cccc(C(C)NCC(=O)NC(C)(C)C)c1. The lowest BCUT2D eigenvalue weighted by Gasteiger charge is -2.22. The summed E-state index contributed by atoms with van der Waals surface area (Å²) in [6.45, 7) is 9.56. The molecule has 116 valence electrons. The average molecular weight is 291 g/mol. The van der Waals surface area contributed by atoms with Crippen molar-refractivity contribution in [2.45, 2.75) is 46.2 Å². The Kier molecular flexibility index (Phi) is 5.90. The molecule has 0 radical (unpaired) electrons. The largest absolute Gasteiger partial charge is 0.350 e. The number of nitrogens with one attached hydrogen (secondary N) is 3. The van der Waals surface area contributed by atoms with E-state index in [0.717, 1.165) is 11.3 Å². The van der Waals surface area contributed by atoms with E-state index in [-0.39, 0.29) is 29.9 Å². The van der Waals surface area contributed by atoms with Crippen molar-refractivity contribution in [3.05, 3.63) is 29.8 Å². The Balaban J connectivity index is 2.57. The Morgan fingerprint density at radius 3 is 2.48 bits per heavy atom. The van der Waals surface area contributed by atoms with Gasteiger partial charge in [0.25, 0.3) is 0 Å². The van der Waals surface area contributed by atoms with Gasteiger partial charge in [-0.15, -0.1) is 0 Å². The minimum Gasteiger partial charge on any atom is -0.350 e. The van der Waals surface area contributed by atoms with Crippen LogP contribution >= 0.6 is 0 Å². The van der Waals surface area contributed by atoms with Crippen molar-refractivity contribution in [3.63, 3.8) is 0 Å². The summed E-state index contributed by atoms with van der Waals surface area (Å²) in [5.41, 5.74) is 1.55. The first-order valence-electron chi connectivity index (χ1n) is 7.09. The van der Waals surface area contributed by atoms with Gasteiger partial charge in [0.15, 0.2) is 0 Å². The summed E-state index contributed by atoms with van der Waals surface area (Å²) in [6.07, 6.45) is 0. The van der Waals surface area contributed by atoms with E-state index < -0.39 is 0 Å². The summed E-state index contributed by atoms with van der Waals surface area (Å²) < 4.78 is 0. The highest BCUT2D eigenvalue weighted by atomic mass is 16.2. The first-order chi connectivity index (χ1) is 9.67. The number of anilines is 1. The highest BCUT2D eigenvalue weighted by molar-refractivity contribution is 5.88. The normalized spacial score (nSPS) is 12.6. The maximum absolute atomic E-state index is 11.8. The Hall–Kier alpha value is -1.88. The smallest absolute Gasteiger partial charge is 0.234 e. The molecular weight excluding hydrogens is 266 g/mol. The summed E-state index contributed by atoms with van der Waals surface area (Å²) in [7, 11) is 0. The maximum Gasteiger partial charge on any atom is 0.234 e. The van der Waals surface area contributed by atoms with Crippen molar-refractivity contribution in [1.82, 2.24) is 10.6 Å². The molecule has 0 bridgehead atoms. The second-order valence-corrected chi connectivity index (χ2v) is 6.21. The second kappa shape index (κ2) is 7.22. The molecule has 21 heavy (non-hydrogen) atoms. The lowest BCUT2D eigenvalue weighted by atomic mass is 10.1. The first-order valence-corrected chi connectivity index (χ1v) is 7.09. The highest BCUT2D eigenvalue weighted by Crippen LogP contribution is 2.17. The molecule has 5 nitrogen and oxygen atoms in total. The van der Waals surface area contributed by atoms with Gasteiger partial charge in [0.05, 0.1) is 6.54 Å². The summed E-state index contributed by atoms with van der Waals surface area (Å²) in [5, 5.41) is 8.83. The van der Waals surface area contributed by atoms with Gasteiger partial charge in [-0.1, -0.05) is 12.1 Å². The van der Waals surface area contributed by atoms with Gasteiger partial charge in [0, 0.05) is 24.2 Å². The van der Waals surface area contributed by atoms with E-state index >= 15 is 0 Å². The van der Waals surface area contributed by atoms with Crippen LogP contribution in [0, 0.1) is 0 Å². The molecule has 2 amide bonds. The first kappa shape index (κ1) is 17.2. The summed E-state index contributed by atoms with van der Waals surface area (Å²) in [4.78, 5) is 22.8. The molecule has 1 rings (SSSR count). The van der Waals surface area contributed by atoms with Crippen molar-refractivity contribution < 1.29 is 9.59 Å². The minimum atomic E-state index is -0.229. The summed E-state index contributed by atoms with van der Waals surface area (Å²) in [5.74, 6) is -0.135. The quantitative estimate of drug-likeness (QED) is 0.779. The molecule has 1 unspecified atom stereocenters. The molecule has 0 saturated heterocycles. The van der Waals surface area contributed by atoms with Crippen LogP contribution in [0.25, 0.3) is 0 Å². The van der Waals surface area contributed by atoms with Crippen LogP contribution in [0.2, 0.25) is 0 Å². The van der Waals surface area contributed by atoms with Crippen LogP contribution in [0.15, 0.2) is 24.3 Å². The van der Waals surface area contributed by atoms with Crippen molar-refractivity contribution >= 4 is 17.5 Å². The van der Waals surface area contributed by atoms with Crippen LogP contribution in [0.5, 0.6) is 0 Å². The van der Waals surface area contributed by atoms with Gasteiger partial charge in [-0.25, -0.2) is 0 Å². The van der Waals surface area contributed by atoms with Crippen molar-refractivity contribution in [2.75, 3.05) is 11.9 Å². The number of hydrogen-bond donors (Lipinski definition) is 3. The molecule has 0 fully saturated rings. The molecular formula is C16H25N3O2. The Morgan fingerprint density at radius 1 is 1.24 bits per heavy atom. The predicted molar refractivity (Wildman–Crippen MR) is 85.1 cm³/mol. The van der Waals surface area contributed by atoms with Crippen LogP contribution in [-0.2, 0) is 9.59 Å². The van der Waals surface area contributed by atoms with E-state index in [2.05, 4.69) is 16.0 Å². The van der Waals surface area contributed by atoms with Gasteiger partial charge in [0.2, 0.25) is 11.8 Å². The molecule has 3 N–H and O–H groups in total. The van der Waals surface area contributed by atoms with E-state index in [0.29, 0.717) is 0 Å². The molecule has 0 heterocycles. The van der Waals surface area contributed by atoms with Gasteiger partial charge in [-0.05, 0) is 45.4 Å². The third kappa shape index (κ3) is 6.90. The van der Waals surface area contributed by atoms with Gasteiger partial charge < -0.3 is 16.0 Å². The Morgan fingerprint density at radius 2 is 1.90 bits per heavy atom. The number of carbonyl (C=O) groups excluding carboxylic acids is 2. The molecule has 1 aromatic carbocycles. The third-order valence-electron chi connectivity index (χ3n) is 2.79. The number of benzene rings is 1. The molecule has 1 atom stereocenters. The molecule has 0 aliphatic rings. The summed E-state index contributed by atoms with van der Waals surface area (Å²) in [6, 6.07) is 7.60. The molecule has 0 spiro atoms. The molecule has 0 aliphatic heterocycles. The van der Waals surface area contributed by atoms with Crippen molar-refractivity contribution in [2.24, 2.45) is 0 Å². The number of hydrogen-bond acceptors (Lipinski definition) is 3. The second-order valence-electron chi connectivity index (χ2n) is 6.21. The zero-order chi connectivity index (χ0) is 16.0. The van der Waals surface area contributed by atoms with Crippen LogP contribution in [-0.4, -0.2) is 23.9 Å². The highest BCUT2D eigenvalue weighted by Gasteiger charge is 2.14. The Bertz CT molecular complexity index is 506. The Labute approximate surface area is 126 Å². The molecule has 1 aromatic rings. The van der Waals surface area contributed by atoms with Crippen LogP contribution in [0.1, 0.15) is 46.2 Å². The summed E-state index contributed by atoms with van der Waals surface area (Å²) >= 11 is 0. The van der Waals surface area contributed by atoms with Crippen molar-refractivity contribution in [1.29, 1.82) is 0 Å². The molecule has 0 aliphatic carbocycles. The van der Waals surface area contributed by atoms with Gasteiger partial charge in [0.1, 0.15) is 0 Å². The van der Waals surface area contributed by atoms with Gasteiger partial charge in [-0.3, -0.25) is 9.59 Å². The number of amides is 2. The lowest BCUT2D eigenvalue weighted by Crippen LogP contribution is -2.45. The van der Waals surface area contributed by atoms with E-state index in [1.54, 1.807) is 0 Å². The van der Waals surface area contributed by atoms with Crippen LogP contribution in [0.3, 0.4) is 0 Å². The zero-order valence-electron chi connectivity index (χ0n) is 13.4. The van der Waals surface area contributed by atoms with Gasteiger partial charge >= 0.3 is 0 Å². The number of rotatable bonds is 5. The van der Waals surface area contributed by atoms with Crippen LogP contribution < -0.4 is 16.0 Å². The fourth-order valence-corrected chi connectivity index (χ4v) is 1.92. The molecule has 0 saturated carbocycles. The average Bonchev–Trinajstić information content (AvgIpc) is 2.33. The van der Waals surface area contributed by atoms with E-state index in [1.807, 2.05) is 52.0 Å². The molecule has 0 aromatic heterocycles. The monoisotopic (exact) mass is 291 g/mol. The van der Waals surface area contributed by atoms with Crippen molar-refractivity contribution in [3.8, 4) is 0 Å².